The molecule has 4 aromatic rings. The number of aromatic nitrogens is 2. The Labute approximate surface area is 179 Å². The van der Waals surface area contributed by atoms with Crippen LogP contribution >= 0.6 is 11.8 Å². The molecule has 2 aromatic heterocycles. The molecule has 4 rings (SSSR count). The monoisotopic (exact) mass is 438 g/mol. The third-order valence-electron chi connectivity index (χ3n) is 4.66. The van der Waals surface area contributed by atoms with Crippen molar-refractivity contribution in [3.05, 3.63) is 65.0 Å². The van der Waals surface area contributed by atoms with Crippen LogP contribution in [0.2, 0.25) is 0 Å². The van der Waals surface area contributed by atoms with Crippen molar-refractivity contribution in [1.29, 1.82) is 0 Å². The number of fused-ring (bicyclic) bond motifs is 2. The predicted octanol–water partition coefficient (Wildman–Crippen LogP) is 4.65. The maximum Gasteiger partial charge on any atom is 0.270 e. The number of hydrogen-bond donors (Lipinski definition) is 0. The standard InChI is InChI=1S/C21H18N4O3S2/c1-24(2)20-15-10-13(25(26)27)8-9-17(15)22-11-18(20)29-21-14-6-4-5-7-16(14)23-12-19(21)30(3)28/h4-12H,1-3H3. The number of hydrogen-bond acceptors (Lipinski definition) is 7. The highest BCUT2D eigenvalue weighted by Gasteiger charge is 2.19. The number of rotatable bonds is 5. The lowest BCUT2D eigenvalue weighted by Gasteiger charge is -2.20. The molecule has 1 atom stereocenters. The van der Waals surface area contributed by atoms with E-state index < -0.39 is 15.7 Å². The van der Waals surface area contributed by atoms with Crippen LogP contribution < -0.4 is 4.90 Å². The minimum Gasteiger partial charge on any atom is -0.376 e. The van der Waals surface area contributed by atoms with Gasteiger partial charge in [0.05, 0.1) is 42.2 Å². The van der Waals surface area contributed by atoms with Gasteiger partial charge in [0.2, 0.25) is 0 Å². The number of benzene rings is 2. The van der Waals surface area contributed by atoms with Gasteiger partial charge in [0.15, 0.2) is 0 Å². The first-order chi connectivity index (χ1) is 14.4. The second kappa shape index (κ2) is 8.00. The van der Waals surface area contributed by atoms with E-state index in [1.807, 2.05) is 43.3 Å². The Hall–Kier alpha value is -3.04. The van der Waals surface area contributed by atoms with Crippen molar-refractivity contribution in [1.82, 2.24) is 9.97 Å². The summed E-state index contributed by atoms with van der Waals surface area (Å²) in [7, 11) is 2.55. The summed E-state index contributed by atoms with van der Waals surface area (Å²) in [5.41, 5.74) is 2.32. The van der Waals surface area contributed by atoms with Crippen molar-refractivity contribution in [3.8, 4) is 0 Å². The molecule has 0 bridgehead atoms. The first-order valence-corrected chi connectivity index (χ1v) is 11.4. The molecule has 0 aliphatic rings. The smallest absolute Gasteiger partial charge is 0.270 e. The van der Waals surface area contributed by atoms with Crippen molar-refractivity contribution < 1.29 is 9.13 Å². The van der Waals surface area contributed by atoms with Crippen LogP contribution in [0.15, 0.2) is 69.5 Å². The molecule has 0 N–H and O–H groups in total. The average Bonchev–Trinajstić information content (AvgIpc) is 2.72. The Morgan fingerprint density at radius 3 is 2.43 bits per heavy atom. The van der Waals surface area contributed by atoms with Gasteiger partial charge in [-0.05, 0) is 12.1 Å². The van der Waals surface area contributed by atoms with Crippen molar-refractivity contribution in [2.24, 2.45) is 0 Å². The third kappa shape index (κ3) is 3.61. The fourth-order valence-electron chi connectivity index (χ4n) is 3.32. The quantitative estimate of drug-likeness (QED) is 0.331. The highest BCUT2D eigenvalue weighted by atomic mass is 32.2. The van der Waals surface area contributed by atoms with E-state index in [0.717, 1.165) is 26.4 Å². The zero-order chi connectivity index (χ0) is 21.4. The number of para-hydroxylation sites is 1. The molecule has 1 unspecified atom stereocenters. The van der Waals surface area contributed by atoms with Crippen LogP contribution in [-0.4, -0.2) is 39.5 Å². The van der Waals surface area contributed by atoms with Crippen LogP contribution in [0.25, 0.3) is 21.8 Å². The van der Waals surface area contributed by atoms with Gasteiger partial charge in [-0.3, -0.25) is 24.3 Å². The second-order valence-electron chi connectivity index (χ2n) is 6.85. The van der Waals surface area contributed by atoms with E-state index >= 15 is 0 Å². The van der Waals surface area contributed by atoms with Crippen molar-refractivity contribution >= 4 is 55.7 Å². The lowest BCUT2D eigenvalue weighted by atomic mass is 10.1. The fraction of sp³-hybridized carbons (Fsp3) is 0.143. The first-order valence-electron chi connectivity index (χ1n) is 9.00. The van der Waals surface area contributed by atoms with E-state index in [1.54, 1.807) is 30.8 Å². The van der Waals surface area contributed by atoms with Crippen molar-refractivity contribution in [2.45, 2.75) is 14.7 Å². The van der Waals surface area contributed by atoms with Crippen LogP contribution in [0.3, 0.4) is 0 Å². The van der Waals surface area contributed by atoms with Crippen molar-refractivity contribution in [3.63, 3.8) is 0 Å². The number of anilines is 1. The lowest BCUT2D eigenvalue weighted by Crippen LogP contribution is -2.11. The van der Waals surface area contributed by atoms with E-state index in [0.29, 0.717) is 15.8 Å². The van der Waals surface area contributed by atoms with Crippen molar-refractivity contribution in [2.75, 3.05) is 25.3 Å². The summed E-state index contributed by atoms with van der Waals surface area (Å²) in [4.78, 5) is 24.1. The Bertz CT molecular complexity index is 1320. The Kier molecular flexibility index (Phi) is 5.40. The summed E-state index contributed by atoms with van der Waals surface area (Å²) >= 11 is 1.45. The molecule has 152 valence electrons. The molecule has 0 saturated carbocycles. The molecule has 0 aliphatic carbocycles. The molecule has 0 amide bonds. The Morgan fingerprint density at radius 2 is 1.73 bits per heavy atom. The Morgan fingerprint density at radius 1 is 1.03 bits per heavy atom. The van der Waals surface area contributed by atoms with Gasteiger partial charge < -0.3 is 4.90 Å². The number of pyridine rings is 2. The summed E-state index contributed by atoms with van der Waals surface area (Å²) in [6.07, 6.45) is 5.03. The number of nitrogens with zero attached hydrogens (tertiary/aromatic N) is 4. The molecule has 2 heterocycles. The first kappa shape index (κ1) is 20.2. The lowest BCUT2D eigenvalue weighted by molar-refractivity contribution is -0.384. The molecular formula is C21H18N4O3S2. The third-order valence-corrected chi connectivity index (χ3v) is 6.88. The topological polar surface area (TPSA) is 89.2 Å². The summed E-state index contributed by atoms with van der Waals surface area (Å²) in [6, 6.07) is 12.4. The number of nitro groups is 1. The SMILES string of the molecule is CN(C)c1c(Sc2c(S(C)=O)cnc3ccccc23)cnc2ccc([N+](=O)[O-])cc12. The fourth-order valence-corrected chi connectivity index (χ4v) is 5.52. The largest absolute Gasteiger partial charge is 0.376 e. The van der Waals surface area contributed by atoms with Crippen LogP contribution in [0, 0.1) is 10.1 Å². The highest BCUT2D eigenvalue weighted by molar-refractivity contribution is 8.00. The van der Waals surface area contributed by atoms with E-state index in [9.17, 15) is 14.3 Å². The summed E-state index contributed by atoms with van der Waals surface area (Å²) < 4.78 is 12.4. The minimum absolute atomic E-state index is 0.0132. The normalized spacial score (nSPS) is 12.2. The van der Waals surface area contributed by atoms with Gasteiger partial charge in [0.25, 0.3) is 5.69 Å². The van der Waals surface area contributed by atoms with Crippen LogP contribution in [0.5, 0.6) is 0 Å². The molecule has 30 heavy (non-hydrogen) atoms. The molecular weight excluding hydrogens is 420 g/mol. The molecule has 0 fully saturated rings. The van der Waals surface area contributed by atoms with Gasteiger partial charge in [-0.2, -0.15) is 0 Å². The molecule has 0 aliphatic heterocycles. The molecule has 0 spiro atoms. The predicted molar refractivity (Wildman–Crippen MR) is 121 cm³/mol. The summed E-state index contributed by atoms with van der Waals surface area (Å²) in [6.45, 7) is 0. The molecule has 0 saturated heterocycles. The van der Waals surface area contributed by atoms with Gasteiger partial charge in [-0.15, -0.1) is 0 Å². The van der Waals surface area contributed by atoms with E-state index in [1.165, 1.54) is 17.8 Å². The van der Waals surface area contributed by atoms with Crippen LogP contribution in [-0.2, 0) is 10.8 Å². The summed E-state index contributed by atoms with van der Waals surface area (Å²) in [5, 5.41) is 12.9. The van der Waals surface area contributed by atoms with Gasteiger partial charge in [0.1, 0.15) is 0 Å². The van der Waals surface area contributed by atoms with Crippen LogP contribution in [0.4, 0.5) is 11.4 Å². The van der Waals surface area contributed by atoms with Gasteiger partial charge in [-0.25, -0.2) is 0 Å². The number of non-ortho nitro benzene ring substituents is 1. The highest BCUT2D eigenvalue weighted by Crippen LogP contribution is 2.43. The molecule has 2 aromatic carbocycles. The van der Waals surface area contributed by atoms with Gasteiger partial charge in [-0.1, -0.05) is 30.0 Å². The maximum absolute atomic E-state index is 12.4. The van der Waals surface area contributed by atoms with Gasteiger partial charge in [0, 0.05) is 60.5 Å². The van der Waals surface area contributed by atoms with Crippen LogP contribution in [0.1, 0.15) is 0 Å². The molecule has 7 nitrogen and oxygen atoms in total. The average molecular weight is 439 g/mol. The van der Waals surface area contributed by atoms with E-state index in [4.69, 9.17) is 0 Å². The minimum atomic E-state index is -1.23. The summed E-state index contributed by atoms with van der Waals surface area (Å²) in [5.74, 6) is 0. The maximum atomic E-state index is 12.4. The van der Waals surface area contributed by atoms with Gasteiger partial charge >= 0.3 is 0 Å². The molecule has 0 radical (unpaired) electrons. The molecule has 9 heteroatoms. The van der Waals surface area contributed by atoms with E-state index in [-0.39, 0.29) is 5.69 Å². The number of nitro benzene ring substituents is 1. The van der Waals surface area contributed by atoms with E-state index in [2.05, 4.69) is 9.97 Å². The zero-order valence-corrected chi connectivity index (χ0v) is 18.2. The Balaban J connectivity index is 1.97. The second-order valence-corrected chi connectivity index (χ2v) is 9.25. The zero-order valence-electron chi connectivity index (χ0n) is 16.5.